The van der Waals surface area contributed by atoms with Gasteiger partial charge in [0.05, 0.1) is 6.04 Å². The van der Waals surface area contributed by atoms with Crippen LogP contribution < -0.4 is 11.3 Å². The summed E-state index contributed by atoms with van der Waals surface area (Å²) in [5.74, 6) is 5.36. The molecule has 3 heteroatoms. The predicted molar refractivity (Wildman–Crippen MR) is 49.2 cm³/mol. The zero-order chi connectivity index (χ0) is 8.27. The summed E-state index contributed by atoms with van der Waals surface area (Å²) in [5.41, 5.74) is 3.75. The summed E-state index contributed by atoms with van der Waals surface area (Å²) in [6, 6.07) is 4.16. The monoisotopic (exact) mass is 168 g/mol. The van der Waals surface area contributed by atoms with Crippen LogP contribution in [0.25, 0.3) is 0 Å². The van der Waals surface area contributed by atoms with Gasteiger partial charge in [0.25, 0.3) is 0 Å². The number of rotatable bonds is 3. The van der Waals surface area contributed by atoms with Gasteiger partial charge in [-0.25, -0.2) is 5.43 Å². The van der Waals surface area contributed by atoms with Crippen molar-refractivity contribution in [3.63, 3.8) is 0 Å². The Kier molecular flexibility index (Phi) is 2.82. The Morgan fingerprint density at radius 1 is 1.82 bits per heavy atom. The fraction of sp³-hybridized carbons (Fsp3) is 0.250. The Labute approximate surface area is 70.7 Å². The molecule has 0 spiro atoms. The van der Waals surface area contributed by atoms with E-state index in [1.54, 1.807) is 11.3 Å². The molecule has 2 nitrogen and oxygen atoms in total. The van der Waals surface area contributed by atoms with Crippen LogP contribution in [0.2, 0.25) is 0 Å². The van der Waals surface area contributed by atoms with E-state index in [2.05, 4.69) is 12.0 Å². The van der Waals surface area contributed by atoms with Gasteiger partial charge in [-0.1, -0.05) is 18.2 Å². The molecule has 0 aliphatic carbocycles. The Hall–Kier alpha value is -0.640. The van der Waals surface area contributed by atoms with E-state index in [1.165, 1.54) is 4.88 Å². The third-order valence-corrected chi connectivity index (χ3v) is 2.42. The fourth-order valence-corrected chi connectivity index (χ4v) is 1.80. The summed E-state index contributed by atoms with van der Waals surface area (Å²) in [5, 5.41) is 2.03. The molecule has 0 saturated heterocycles. The fourth-order valence-electron chi connectivity index (χ4n) is 0.923. The molecule has 0 aromatic carbocycles. The average molecular weight is 168 g/mol. The maximum atomic E-state index is 5.36. The highest BCUT2D eigenvalue weighted by Crippen LogP contribution is 2.23. The molecule has 1 aromatic heterocycles. The van der Waals surface area contributed by atoms with Crippen molar-refractivity contribution < 1.29 is 0 Å². The van der Waals surface area contributed by atoms with E-state index in [0.717, 1.165) is 5.57 Å². The standard InChI is InChI=1S/C8H12N2S/c1-6(2)8(10-9)7-4-3-5-11-7/h3-5,8,10H,1,9H2,2H3. The number of hydrogen-bond acceptors (Lipinski definition) is 3. The van der Waals surface area contributed by atoms with Crippen LogP contribution in [0.5, 0.6) is 0 Å². The second-order valence-corrected chi connectivity index (χ2v) is 3.44. The topological polar surface area (TPSA) is 38.0 Å². The molecule has 60 valence electrons. The van der Waals surface area contributed by atoms with E-state index in [0.29, 0.717) is 0 Å². The van der Waals surface area contributed by atoms with Gasteiger partial charge in [0, 0.05) is 4.88 Å². The maximum absolute atomic E-state index is 5.36. The second kappa shape index (κ2) is 3.67. The van der Waals surface area contributed by atoms with E-state index in [9.17, 15) is 0 Å². The lowest BCUT2D eigenvalue weighted by molar-refractivity contribution is 0.637. The van der Waals surface area contributed by atoms with Gasteiger partial charge in [0.1, 0.15) is 0 Å². The Bertz CT molecular complexity index is 228. The van der Waals surface area contributed by atoms with Gasteiger partial charge in [-0.15, -0.1) is 11.3 Å². The van der Waals surface area contributed by atoms with E-state index < -0.39 is 0 Å². The molecular formula is C8H12N2S. The second-order valence-electron chi connectivity index (χ2n) is 2.46. The normalized spacial score (nSPS) is 12.9. The molecule has 1 unspecified atom stereocenters. The third-order valence-electron chi connectivity index (χ3n) is 1.49. The largest absolute Gasteiger partial charge is 0.271 e. The molecule has 0 aliphatic rings. The van der Waals surface area contributed by atoms with E-state index >= 15 is 0 Å². The molecule has 1 rings (SSSR count). The number of thiophene rings is 1. The summed E-state index contributed by atoms with van der Waals surface area (Å²) in [4.78, 5) is 1.21. The lowest BCUT2D eigenvalue weighted by Crippen LogP contribution is -2.27. The van der Waals surface area contributed by atoms with Crippen molar-refractivity contribution in [1.82, 2.24) is 5.43 Å². The van der Waals surface area contributed by atoms with E-state index in [4.69, 9.17) is 5.84 Å². The predicted octanol–water partition coefficient (Wildman–Crippen LogP) is 1.83. The van der Waals surface area contributed by atoms with Crippen molar-refractivity contribution in [3.8, 4) is 0 Å². The number of nitrogens with two attached hydrogens (primary N) is 1. The van der Waals surface area contributed by atoms with Gasteiger partial charge >= 0.3 is 0 Å². The molecule has 0 bridgehead atoms. The Balaban J connectivity index is 2.79. The summed E-state index contributed by atoms with van der Waals surface area (Å²) in [7, 11) is 0. The molecule has 0 fully saturated rings. The summed E-state index contributed by atoms with van der Waals surface area (Å²) >= 11 is 1.68. The highest BCUT2D eigenvalue weighted by molar-refractivity contribution is 7.10. The highest BCUT2D eigenvalue weighted by Gasteiger charge is 2.09. The molecule has 3 N–H and O–H groups in total. The van der Waals surface area contributed by atoms with Crippen LogP contribution in [-0.4, -0.2) is 0 Å². The first-order chi connectivity index (χ1) is 5.25. The average Bonchev–Trinajstić information content (AvgIpc) is 2.40. The van der Waals surface area contributed by atoms with Crippen molar-refractivity contribution in [2.24, 2.45) is 5.84 Å². The first-order valence-electron chi connectivity index (χ1n) is 3.40. The van der Waals surface area contributed by atoms with Gasteiger partial charge in [-0.3, -0.25) is 5.84 Å². The van der Waals surface area contributed by atoms with Crippen LogP contribution in [0.1, 0.15) is 17.8 Å². The zero-order valence-electron chi connectivity index (χ0n) is 6.50. The minimum Gasteiger partial charge on any atom is -0.271 e. The summed E-state index contributed by atoms with van der Waals surface area (Å²) < 4.78 is 0. The van der Waals surface area contributed by atoms with Crippen LogP contribution in [0.15, 0.2) is 29.7 Å². The zero-order valence-corrected chi connectivity index (χ0v) is 7.32. The molecule has 1 aromatic rings. The SMILES string of the molecule is C=C(C)C(NN)c1cccs1. The maximum Gasteiger partial charge on any atom is 0.0757 e. The number of hydrazine groups is 1. The molecule has 1 heterocycles. The molecule has 0 amide bonds. The summed E-state index contributed by atoms with van der Waals surface area (Å²) in [6.07, 6.45) is 0. The minimum atomic E-state index is 0.106. The van der Waals surface area contributed by atoms with Crippen LogP contribution in [0.3, 0.4) is 0 Å². The first kappa shape index (κ1) is 8.46. The van der Waals surface area contributed by atoms with Gasteiger partial charge in [0.15, 0.2) is 0 Å². The lowest BCUT2D eigenvalue weighted by atomic mass is 10.1. The van der Waals surface area contributed by atoms with E-state index in [1.807, 2.05) is 24.4 Å². The Morgan fingerprint density at radius 3 is 2.91 bits per heavy atom. The number of nitrogens with one attached hydrogen (secondary N) is 1. The molecule has 0 saturated carbocycles. The molecule has 0 aliphatic heterocycles. The third kappa shape index (κ3) is 1.89. The van der Waals surface area contributed by atoms with Crippen molar-refractivity contribution >= 4 is 11.3 Å². The van der Waals surface area contributed by atoms with Crippen molar-refractivity contribution in [1.29, 1.82) is 0 Å². The van der Waals surface area contributed by atoms with Crippen LogP contribution >= 0.6 is 11.3 Å². The van der Waals surface area contributed by atoms with Gasteiger partial charge in [0.2, 0.25) is 0 Å². The van der Waals surface area contributed by atoms with Crippen LogP contribution in [0.4, 0.5) is 0 Å². The Morgan fingerprint density at radius 2 is 2.55 bits per heavy atom. The molecular weight excluding hydrogens is 156 g/mol. The first-order valence-corrected chi connectivity index (χ1v) is 4.28. The molecule has 1 atom stereocenters. The van der Waals surface area contributed by atoms with Crippen molar-refractivity contribution in [2.75, 3.05) is 0 Å². The minimum absolute atomic E-state index is 0.106. The van der Waals surface area contributed by atoms with Crippen LogP contribution in [0, 0.1) is 0 Å². The van der Waals surface area contributed by atoms with Gasteiger partial charge < -0.3 is 0 Å². The lowest BCUT2D eigenvalue weighted by Gasteiger charge is -2.12. The highest BCUT2D eigenvalue weighted by atomic mass is 32.1. The van der Waals surface area contributed by atoms with Gasteiger partial charge in [-0.05, 0) is 18.4 Å². The van der Waals surface area contributed by atoms with Crippen molar-refractivity contribution in [3.05, 3.63) is 34.5 Å². The quantitative estimate of drug-likeness (QED) is 0.410. The summed E-state index contributed by atoms with van der Waals surface area (Å²) in [6.45, 7) is 5.81. The van der Waals surface area contributed by atoms with Crippen LogP contribution in [-0.2, 0) is 0 Å². The molecule has 11 heavy (non-hydrogen) atoms. The van der Waals surface area contributed by atoms with Crippen molar-refractivity contribution in [2.45, 2.75) is 13.0 Å². The molecule has 0 radical (unpaired) electrons. The smallest absolute Gasteiger partial charge is 0.0757 e. The van der Waals surface area contributed by atoms with Gasteiger partial charge in [-0.2, -0.15) is 0 Å². The van der Waals surface area contributed by atoms with E-state index in [-0.39, 0.29) is 6.04 Å². The number of hydrogen-bond donors (Lipinski definition) is 2.